The lowest BCUT2D eigenvalue weighted by Crippen LogP contribution is -2.58. The number of piperazine rings is 1. The third-order valence-electron chi connectivity index (χ3n) is 5.69. The zero-order valence-electron chi connectivity index (χ0n) is 17.8. The van der Waals surface area contributed by atoms with Crippen LogP contribution in [0.4, 0.5) is 10.5 Å². The van der Waals surface area contributed by atoms with E-state index in [1.807, 2.05) is 13.0 Å². The Kier molecular flexibility index (Phi) is 5.98. The number of benzene rings is 1. The summed E-state index contributed by atoms with van der Waals surface area (Å²) in [5, 5.41) is 16.4. The van der Waals surface area contributed by atoms with Crippen LogP contribution in [0.25, 0.3) is 0 Å². The van der Waals surface area contributed by atoms with E-state index in [2.05, 4.69) is 20.8 Å². The minimum absolute atomic E-state index is 0.0525. The van der Waals surface area contributed by atoms with Gasteiger partial charge in [0.05, 0.1) is 62.3 Å². The molecule has 2 saturated heterocycles. The monoisotopic (exact) mass is 440 g/mol. The lowest BCUT2D eigenvalue weighted by Gasteiger charge is -2.40. The molecule has 4 rings (SSSR count). The number of carbonyl (C=O) groups is 3. The summed E-state index contributed by atoms with van der Waals surface area (Å²) < 4.78 is 9.72. The van der Waals surface area contributed by atoms with Crippen LogP contribution in [-0.2, 0) is 19.1 Å². The van der Waals surface area contributed by atoms with Gasteiger partial charge in [0.25, 0.3) is 5.91 Å². The standard InChI is InChI=1S/C21H24N6O5/c1-12-8-26(11-23-19(28)14-9-32-10-14)20(29)18-6-17(25-27(12)18)15-4-3-13(7-22)5-16(15)24-21(30)31-2/h3-6,12,14,17,25H,8-11H2,1-2H3,(H,23,28)(H,24,30). The number of fused-ring (bicyclic) bond motifs is 1. The molecule has 1 aromatic carbocycles. The van der Waals surface area contributed by atoms with E-state index in [0.29, 0.717) is 42.3 Å². The highest BCUT2D eigenvalue weighted by Crippen LogP contribution is 2.34. The molecule has 0 aromatic heterocycles. The summed E-state index contributed by atoms with van der Waals surface area (Å²) in [6.07, 6.45) is 1.11. The van der Waals surface area contributed by atoms with E-state index in [1.54, 1.807) is 34.2 Å². The summed E-state index contributed by atoms with van der Waals surface area (Å²) in [4.78, 5) is 38.5. The Balaban J connectivity index is 1.53. The van der Waals surface area contributed by atoms with Crippen molar-refractivity contribution in [2.75, 3.05) is 38.9 Å². The van der Waals surface area contributed by atoms with Gasteiger partial charge in [-0.05, 0) is 30.7 Å². The molecule has 32 heavy (non-hydrogen) atoms. The van der Waals surface area contributed by atoms with Gasteiger partial charge in [-0.1, -0.05) is 6.07 Å². The number of hydrogen-bond acceptors (Lipinski definition) is 8. The minimum Gasteiger partial charge on any atom is -0.453 e. The Labute approximate surface area is 184 Å². The highest BCUT2D eigenvalue weighted by atomic mass is 16.5. The van der Waals surface area contributed by atoms with E-state index in [4.69, 9.17) is 4.74 Å². The maximum Gasteiger partial charge on any atom is 0.411 e. The van der Waals surface area contributed by atoms with Gasteiger partial charge in [-0.25, -0.2) is 10.2 Å². The number of rotatable bonds is 5. The fraction of sp³-hybridized carbons (Fsp3) is 0.429. The molecule has 2 unspecified atom stereocenters. The van der Waals surface area contributed by atoms with Gasteiger partial charge in [-0.3, -0.25) is 19.9 Å². The van der Waals surface area contributed by atoms with Crippen molar-refractivity contribution in [2.45, 2.75) is 19.0 Å². The normalized spacial score (nSPS) is 22.4. The van der Waals surface area contributed by atoms with Crippen molar-refractivity contribution in [1.29, 1.82) is 5.26 Å². The average Bonchev–Trinajstić information content (AvgIpc) is 3.20. The van der Waals surface area contributed by atoms with Crippen molar-refractivity contribution in [1.82, 2.24) is 20.7 Å². The maximum absolute atomic E-state index is 13.1. The SMILES string of the molecule is COC(=O)Nc1cc(C#N)ccc1C1C=C2C(=O)N(CNC(=O)C3COC3)CC(C)N2N1. The van der Waals surface area contributed by atoms with Gasteiger partial charge in [-0.15, -0.1) is 0 Å². The Morgan fingerprint density at radius 2 is 2.16 bits per heavy atom. The summed E-state index contributed by atoms with van der Waals surface area (Å²) in [6, 6.07) is 6.52. The Morgan fingerprint density at radius 3 is 2.81 bits per heavy atom. The van der Waals surface area contributed by atoms with Crippen LogP contribution in [0.3, 0.4) is 0 Å². The van der Waals surface area contributed by atoms with Crippen LogP contribution < -0.4 is 16.1 Å². The number of carbonyl (C=O) groups excluding carboxylic acids is 3. The number of anilines is 1. The van der Waals surface area contributed by atoms with Crippen molar-refractivity contribution in [2.24, 2.45) is 5.92 Å². The van der Waals surface area contributed by atoms with Gasteiger partial charge >= 0.3 is 6.09 Å². The molecule has 2 atom stereocenters. The molecule has 11 nitrogen and oxygen atoms in total. The van der Waals surface area contributed by atoms with Crippen LogP contribution in [0.1, 0.15) is 24.1 Å². The second-order valence-corrected chi connectivity index (χ2v) is 7.87. The number of nitrogens with one attached hydrogen (secondary N) is 3. The number of amides is 3. The smallest absolute Gasteiger partial charge is 0.411 e. The second kappa shape index (κ2) is 8.86. The predicted molar refractivity (Wildman–Crippen MR) is 111 cm³/mol. The summed E-state index contributed by atoms with van der Waals surface area (Å²) in [5.74, 6) is -0.483. The Hall–Kier alpha value is -3.62. The van der Waals surface area contributed by atoms with E-state index >= 15 is 0 Å². The first-order chi connectivity index (χ1) is 15.4. The topological polar surface area (TPSA) is 136 Å². The molecule has 0 bridgehead atoms. The van der Waals surface area contributed by atoms with Gasteiger partial charge < -0.3 is 19.7 Å². The van der Waals surface area contributed by atoms with E-state index in [0.717, 1.165) is 0 Å². The van der Waals surface area contributed by atoms with Crippen molar-refractivity contribution >= 4 is 23.6 Å². The average molecular weight is 440 g/mol. The molecule has 3 heterocycles. The molecule has 11 heteroatoms. The van der Waals surface area contributed by atoms with Gasteiger partial charge in [-0.2, -0.15) is 5.26 Å². The van der Waals surface area contributed by atoms with E-state index in [-0.39, 0.29) is 30.4 Å². The summed E-state index contributed by atoms with van der Waals surface area (Å²) in [6.45, 7) is 3.34. The van der Waals surface area contributed by atoms with Crippen LogP contribution in [0.2, 0.25) is 0 Å². The highest BCUT2D eigenvalue weighted by Gasteiger charge is 2.40. The number of ether oxygens (including phenoxy) is 2. The first-order valence-corrected chi connectivity index (χ1v) is 10.2. The first-order valence-electron chi connectivity index (χ1n) is 10.2. The number of hydrogen-bond donors (Lipinski definition) is 3. The zero-order valence-corrected chi connectivity index (χ0v) is 17.8. The van der Waals surface area contributed by atoms with Gasteiger partial charge in [0, 0.05) is 6.54 Å². The molecular formula is C21H24N6O5. The number of hydrazine groups is 1. The zero-order chi connectivity index (χ0) is 22.8. The molecule has 0 spiro atoms. The molecule has 168 valence electrons. The lowest BCUT2D eigenvalue weighted by atomic mass is 10.0. The van der Waals surface area contributed by atoms with Gasteiger partial charge in [0.1, 0.15) is 5.70 Å². The molecule has 3 amide bonds. The molecule has 2 fully saturated rings. The van der Waals surface area contributed by atoms with Crippen LogP contribution >= 0.6 is 0 Å². The summed E-state index contributed by atoms with van der Waals surface area (Å²) >= 11 is 0. The number of methoxy groups -OCH3 is 1. The third kappa shape index (κ3) is 4.10. The van der Waals surface area contributed by atoms with E-state index in [9.17, 15) is 19.6 Å². The number of nitrogens with zero attached hydrogens (tertiary/aromatic N) is 3. The second-order valence-electron chi connectivity index (χ2n) is 7.87. The number of nitriles is 1. The molecule has 0 saturated carbocycles. The van der Waals surface area contributed by atoms with Crippen molar-refractivity contribution in [3.05, 3.63) is 41.1 Å². The largest absolute Gasteiger partial charge is 0.453 e. The first kappa shape index (κ1) is 21.6. The highest BCUT2D eigenvalue weighted by molar-refractivity contribution is 5.95. The maximum atomic E-state index is 13.1. The minimum atomic E-state index is -0.659. The van der Waals surface area contributed by atoms with Crippen molar-refractivity contribution in [3.8, 4) is 6.07 Å². The Morgan fingerprint density at radius 1 is 1.38 bits per heavy atom. The van der Waals surface area contributed by atoms with E-state index in [1.165, 1.54) is 7.11 Å². The van der Waals surface area contributed by atoms with Gasteiger partial charge in [0.15, 0.2) is 0 Å². The van der Waals surface area contributed by atoms with Crippen LogP contribution in [-0.4, -0.2) is 67.4 Å². The predicted octanol–water partition coefficient (Wildman–Crippen LogP) is 0.433. The quantitative estimate of drug-likeness (QED) is 0.600. The fourth-order valence-corrected chi connectivity index (χ4v) is 3.85. The lowest BCUT2D eigenvalue weighted by molar-refractivity contribution is -0.141. The molecule has 3 aliphatic rings. The van der Waals surface area contributed by atoms with Crippen molar-refractivity contribution in [3.63, 3.8) is 0 Å². The van der Waals surface area contributed by atoms with E-state index < -0.39 is 12.1 Å². The molecule has 0 aliphatic carbocycles. The fourth-order valence-electron chi connectivity index (χ4n) is 3.85. The van der Waals surface area contributed by atoms with Crippen LogP contribution in [0.15, 0.2) is 30.0 Å². The van der Waals surface area contributed by atoms with Crippen molar-refractivity contribution < 1.29 is 23.9 Å². The summed E-state index contributed by atoms with van der Waals surface area (Å²) in [7, 11) is 1.25. The third-order valence-corrected chi connectivity index (χ3v) is 5.69. The van der Waals surface area contributed by atoms with Crippen LogP contribution in [0.5, 0.6) is 0 Å². The van der Waals surface area contributed by atoms with Crippen LogP contribution in [0, 0.1) is 17.2 Å². The molecule has 3 N–H and O–H groups in total. The summed E-state index contributed by atoms with van der Waals surface area (Å²) in [5.41, 5.74) is 5.23. The molecule has 3 aliphatic heterocycles. The molecule has 1 aromatic rings. The van der Waals surface area contributed by atoms with Gasteiger partial charge in [0.2, 0.25) is 5.91 Å². The molecule has 0 radical (unpaired) electrons. The molecular weight excluding hydrogens is 416 g/mol. The Bertz CT molecular complexity index is 1010.